The third kappa shape index (κ3) is 3.32. The molecule has 2 aliphatic heterocycles. The quantitative estimate of drug-likeness (QED) is 0.844. The summed E-state index contributed by atoms with van der Waals surface area (Å²) < 4.78 is 17.5. The highest BCUT2D eigenvalue weighted by atomic mass is 16.7. The first-order valence-corrected chi connectivity index (χ1v) is 8.86. The Hall–Kier alpha value is -2.37. The Labute approximate surface area is 153 Å². The highest BCUT2D eigenvalue weighted by Crippen LogP contribution is 2.39. The lowest BCUT2D eigenvalue weighted by Gasteiger charge is -2.54. The van der Waals surface area contributed by atoms with Gasteiger partial charge in [-0.25, -0.2) is 0 Å². The largest absolute Gasteiger partial charge is 0.457 e. The monoisotopic (exact) mass is 353 g/mol. The predicted octanol–water partition coefficient (Wildman–Crippen LogP) is 3.70. The summed E-state index contributed by atoms with van der Waals surface area (Å²) in [6.45, 7) is 6.35. The molecule has 1 spiro atoms. The molecule has 5 nitrogen and oxygen atoms in total. The third-order valence-electron chi connectivity index (χ3n) is 4.88. The van der Waals surface area contributed by atoms with Crippen molar-refractivity contribution in [3.8, 4) is 11.5 Å². The lowest BCUT2D eigenvalue weighted by atomic mass is 9.80. The minimum absolute atomic E-state index is 0.0213. The summed E-state index contributed by atoms with van der Waals surface area (Å²) in [7, 11) is 0. The molecule has 5 heteroatoms. The molecule has 2 heterocycles. The van der Waals surface area contributed by atoms with Gasteiger partial charge in [0.1, 0.15) is 11.5 Å². The van der Waals surface area contributed by atoms with E-state index in [0.717, 1.165) is 0 Å². The average molecular weight is 353 g/mol. The number of rotatable bonds is 3. The summed E-state index contributed by atoms with van der Waals surface area (Å²) in [6.07, 6.45) is 0. The number of benzene rings is 2. The van der Waals surface area contributed by atoms with Gasteiger partial charge in [-0.05, 0) is 38.1 Å². The van der Waals surface area contributed by atoms with Crippen molar-refractivity contribution in [2.45, 2.75) is 19.6 Å². The van der Waals surface area contributed by atoms with E-state index in [4.69, 9.17) is 14.2 Å². The van der Waals surface area contributed by atoms with Crippen molar-refractivity contribution in [1.82, 2.24) is 4.90 Å². The van der Waals surface area contributed by atoms with Gasteiger partial charge in [-0.1, -0.05) is 30.3 Å². The van der Waals surface area contributed by atoms with Crippen molar-refractivity contribution < 1.29 is 19.0 Å². The van der Waals surface area contributed by atoms with Gasteiger partial charge in [0, 0.05) is 13.1 Å². The first kappa shape index (κ1) is 17.1. The maximum absolute atomic E-state index is 13.0. The summed E-state index contributed by atoms with van der Waals surface area (Å²) in [5, 5.41) is 0. The Bertz CT molecular complexity index is 785. The number of nitrogens with zero attached hydrogens (tertiary/aromatic N) is 1. The molecule has 1 amide bonds. The van der Waals surface area contributed by atoms with Crippen LogP contribution in [0.25, 0.3) is 0 Å². The summed E-state index contributed by atoms with van der Waals surface area (Å²) in [5.74, 6) is 0.726. The van der Waals surface area contributed by atoms with Crippen LogP contribution in [0.15, 0.2) is 54.6 Å². The maximum Gasteiger partial charge on any atom is 0.257 e. The van der Waals surface area contributed by atoms with E-state index in [2.05, 4.69) is 0 Å². The van der Waals surface area contributed by atoms with Crippen molar-refractivity contribution in [2.24, 2.45) is 5.41 Å². The van der Waals surface area contributed by atoms with E-state index in [1.807, 2.05) is 73.3 Å². The minimum atomic E-state index is -0.536. The maximum atomic E-state index is 13.0. The molecular formula is C21H23NO4. The molecule has 136 valence electrons. The minimum Gasteiger partial charge on any atom is -0.457 e. The van der Waals surface area contributed by atoms with Gasteiger partial charge in [0.2, 0.25) is 0 Å². The van der Waals surface area contributed by atoms with Crippen LogP contribution in [0.2, 0.25) is 0 Å². The number of para-hydroxylation sites is 2. The van der Waals surface area contributed by atoms with E-state index < -0.39 is 5.79 Å². The Morgan fingerprint density at radius 2 is 1.58 bits per heavy atom. The highest BCUT2D eigenvalue weighted by molar-refractivity contribution is 5.97. The normalized spacial score (nSPS) is 20.5. The van der Waals surface area contributed by atoms with E-state index >= 15 is 0 Å². The van der Waals surface area contributed by atoms with Crippen LogP contribution in [0.5, 0.6) is 11.5 Å². The molecule has 26 heavy (non-hydrogen) atoms. The number of likely N-dealkylation sites (tertiary alicyclic amines) is 1. The zero-order valence-electron chi connectivity index (χ0n) is 15.1. The fourth-order valence-electron chi connectivity index (χ4n) is 3.34. The fourth-order valence-corrected chi connectivity index (χ4v) is 3.34. The summed E-state index contributed by atoms with van der Waals surface area (Å²) >= 11 is 0. The Morgan fingerprint density at radius 3 is 2.27 bits per heavy atom. The molecule has 2 aliphatic rings. The molecule has 0 unspecified atom stereocenters. The first-order chi connectivity index (χ1) is 12.5. The van der Waals surface area contributed by atoms with E-state index in [1.165, 1.54) is 0 Å². The van der Waals surface area contributed by atoms with Crippen molar-refractivity contribution in [2.75, 3.05) is 26.3 Å². The Morgan fingerprint density at radius 1 is 0.962 bits per heavy atom. The Kier molecular flexibility index (Phi) is 4.21. The van der Waals surface area contributed by atoms with Crippen molar-refractivity contribution >= 4 is 5.91 Å². The van der Waals surface area contributed by atoms with Gasteiger partial charge in [0.25, 0.3) is 5.91 Å². The molecule has 2 fully saturated rings. The molecule has 2 aromatic rings. The molecule has 0 bridgehead atoms. The summed E-state index contributed by atoms with van der Waals surface area (Å²) in [6, 6.07) is 16.9. The van der Waals surface area contributed by atoms with Crippen LogP contribution < -0.4 is 4.74 Å². The zero-order chi connectivity index (χ0) is 18.2. The number of ether oxygens (including phenoxy) is 3. The molecule has 2 saturated heterocycles. The van der Waals surface area contributed by atoms with Crippen LogP contribution in [-0.4, -0.2) is 42.9 Å². The Balaban J connectivity index is 1.45. The van der Waals surface area contributed by atoms with E-state index in [1.54, 1.807) is 0 Å². The van der Waals surface area contributed by atoms with Crippen molar-refractivity contribution in [1.29, 1.82) is 0 Å². The summed E-state index contributed by atoms with van der Waals surface area (Å²) in [5.41, 5.74) is 0.490. The lowest BCUT2D eigenvalue weighted by molar-refractivity contribution is -0.301. The van der Waals surface area contributed by atoms with Crippen LogP contribution in [0.3, 0.4) is 0 Å². The van der Waals surface area contributed by atoms with Gasteiger partial charge >= 0.3 is 0 Å². The molecule has 0 atom stereocenters. The first-order valence-electron chi connectivity index (χ1n) is 8.86. The summed E-state index contributed by atoms with van der Waals surface area (Å²) in [4.78, 5) is 14.8. The molecule has 0 N–H and O–H groups in total. The van der Waals surface area contributed by atoms with Crippen LogP contribution in [0, 0.1) is 5.41 Å². The molecule has 4 rings (SSSR count). The molecule has 0 saturated carbocycles. The van der Waals surface area contributed by atoms with Crippen LogP contribution in [-0.2, 0) is 9.47 Å². The predicted molar refractivity (Wildman–Crippen MR) is 97.3 cm³/mol. The molecular weight excluding hydrogens is 330 g/mol. The van der Waals surface area contributed by atoms with E-state index in [-0.39, 0.29) is 11.3 Å². The second-order valence-corrected chi connectivity index (χ2v) is 7.55. The number of carbonyl (C=O) groups excluding carboxylic acids is 1. The SMILES string of the molecule is CC1(C)OCC2(CO1)CN(C(=O)c1ccccc1Oc1ccccc1)C2. The molecule has 0 radical (unpaired) electrons. The molecule has 0 aromatic heterocycles. The lowest BCUT2D eigenvalue weighted by Crippen LogP contribution is -2.65. The second kappa shape index (κ2) is 6.41. The zero-order valence-corrected chi connectivity index (χ0v) is 15.1. The van der Waals surface area contributed by atoms with Gasteiger partial charge in [-0.3, -0.25) is 4.79 Å². The number of amides is 1. The molecule has 0 aliphatic carbocycles. The highest BCUT2D eigenvalue weighted by Gasteiger charge is 2.50. The van der Waals surface area contributed by atoms with Crippen LogP contribution in [0.4, 0.5) is 0 Å². The van der Waals surface area contributed by atoms with Crippen molar-refractivity contribution in [3.05, 3.63) is 60.2 Å². The number of carbonyl (C=O) groups is 1. The topological polar surface area (TPSA) is 48.0 Å². The van der Waals surface area contributed by atoms with Gasteiger partial charge in [-0.15, -0.1) is 0 Å². The average Bonchev–Trinajstić information content (AvgIpc) is 2.61. The molecule has 2 aromatic carbocycles. The number of hydrogen-bond acceptors (Lipinski definition) is 4. The van der Waals surface area contributed by atoms with E-state index in [0.29, 0.717) is 43.4 Å². The number of hydrogen-bond donors (Lipinski definition) is 0. The smallest absolute Gasteiger partial charge is 0.257 e. The fraction of sp³-hybridized carbons (Fsp3) is 0.381. The standard InChI is InChI=1S/C21H23NO4/c1-20(2)24-14-21(15-25-20)12-22(13-21)19(23)17-10-6-7-11-18(17)26-16-8-4-3-5-9-16/h3-11H,12-15H2,1-2H3. The van der Waals surface area contributed by atoms with Gasteiger partial charge in [0.05, 0.1) is 24.2 Å². The van der Waals surface area contributed by atoms with E-state index in [9.17, 15) is 4.79 Å². The van der Waals surface area contributed by atoms with Crippen LogP contribution in [0.1, 0.15) is 24.2 Å². The van der Waals surface area contributed by atoms with Gasteiger partial charge in [0.15, 0.2) is 5.79 Å². The van der Waals surface area contributed by atoms with Gasteiger partial charge in [-0.2, -0.15) is 0 Å². The van der Waals surface area contributed by atoms with Crippen molar-refractivity contribution in [3.63, 3.8) is 0 Å². The third-order valence-corrected chi connectivity index (χ3v) is 4.88. The second-order valence-electron chi connectivity index (χ2n) is 7.55. The van der Waals surface area contributed by atoms with Crippen LogP contribution >= 0.6 is 0 Å². The van der Waals surface area contributed by atoms with Gasteiger partial charge < -0.3 is 19.1 Å².